The zero-order valence-electron chi connectivity index (χ0n) is 42.7. The minimum Gasteiger partial charge on any atom is -0.379 e. The Labute approximate surface area is 387 Å². The van der Waals surface area contributed by atoms with E-state index in [2.05, 4.69) is 90.9 Å². The van der Waals surface area contributed by atoms with Crippen LogP contribution >= 0.6 is 0 Å². The summed E-state index contributed by atoms with van der Waals surface area (Å²) in [7, 11) is 4.28. The third-order valence-corrected chi connectivity index (χ3v) is 16.9. The van der Waals surface area contributed by atoms with Gasteiger partial charge in [-0.2, -0.15) is 0 Å². The fraction of sp³-hybridized carbons (Fsp3) is 0.897. The second-order valence-electron chi connectivity index (χ2n) is 22.6. The fourth-order valence-electron chi connectivity index (χ4n) is 13.2. The molecular formula is C58H105NO3. The van der Waals surface area contributed by atoms with Gasteiger partial charge in [-0.1, -0.05) is 161 Å². The molecule has 0 N–H and O–H groups in total. The molecule has 0 aromatic carbocycles. The quantitative estimate of drug-likeness (QED) is 0.0469. The Bertz CT molecular complexity index is 1240. The van der Waals surface area contributed by atoms with E-state index in [-0.39, 0.29) is 6.10 Å². The van der Waals surface area contributed by atoms with Gasteiger partial charge in [0, 0.05) is 26.4 Å². The average molecular weight is 864 g/mol. The number of fused-ring (bicyclic) bond motifs is 5. The van der Waals surface area contributed by atoms with Crippen molar-refractivity contribution >= 4 is 0 Å². The van der Waals surface area contributed by atoms with E-state index < -0.39 is 0 Å². The molecule has 0 aliphatic heterocycles. The van der Waals surface area contributed by atoms with Crippen LogP contribution in [0.5, 0.6) is 0 Å². The van der Waals surface area contributed by atoms with Gasteiger partial charge in [0.05, 0.1) is 18.8 Å². The smallest absolute Gasteiger partial charge is 0.0934 e. The van der Waals surface area contributed by atoms with Gasteiger partial charge in [0.25, 0.3) is 0 Å². The van der Waals surface area contributed by atoms with Crippen LogP contribution in [-0.2, 0) is 14.2 Å². The minimum absolute atomic E-state index is 0.173. The van der Waals surface area contributed by atoms with Crippen LogP contribution in [0.1, 0.15) is 228 Å². The molecule has 0 heterocycles. The molecule has 0 bridgehead atoms. The van der Waals surface area contributed by atoms with Crippen LogP contribution in [0.15, 0.2) is 36.0 Å². The van der Waals surface area contributed by atoms with Gasteiger partial charge >= 0.3 is 0 Å². The Morgan fingerprint density at radius 3 is 2.05 bits per heavy atom. The van der Waals surface area contributed by atoms with E-state index in [4.69, 9.17) is 14.2 Å². The molecule has 3 unspecified atom stereocenters. The molecule has 0 amide bonds. The zero-order valence-corrected chi connectivity index (χ0v) is 42.7. The molecule has 4 rings (SSSR count). The first-order valence-corrected chi connectivity index (χ1v) is 27.5. The number of ether oxygens (including phenoxy) is 3. The molecule has 4 nitrogen and oxygen atoms in total. The third kappa shape index (κ3) is 18.4. The number of rotatable bonds is 35. The largest absolute Gasteiger partial charge is 0.379 e. The number of allylic oxidation sites excluding steroid dienone is 5. The summed E-state index contributed by atoms with van der Waals surface area (Å²) >= 11 is 0. The highest BCUT2D eigenvalue weighted by molar-refractivity contribution is 5.25. The molecular weight excluding hydrogens is 759 g/mol. The van der Waals surface area contributed by atoms with Crippen LogP contribution in [0.3, 0.4) is 0 Å². The van der Waals surface area contributed by atoms with Crippen molar-refractivity contribution in [2.75, 3.05) is 47.1 Å². The predicted octanol–water partition coefficient (Wildman–Crippen LogP) is 16.5. The SMILES string of the molecule is CCCCCC=CCC=CCCCCCCCCOC[C@@H](CN(C)C)OCCCCCCCCO[C@H]1CC[C@@]2(C)C(=CCC3C2CC[C@@]2(C)C3CC[C@@H]2[C@H](C)CCCC(C)C)C1. The standard InChI is InChI=1S/C58H105NO3/c1-9-10-11-12-13-14-15-16-17-18-19-20-21-22-25-28-42-60-47-52(46-59(7)8)62-44-30-27-24-23-26-29-43-61-51-38-40-57(5)50(45-51)34-35-53-55-37-36-54(49(4)33-31-32-48(2)3)58(55,6)41-39-56(53)57/h13-14,16-17,34,48-49,51-56H,9-12,15,18-33,35-47H2,1-8H3/t49-,51+,52-,53?,54-,55?,56?,57+,58-/m1/s1. The number of hydrogen-bond acceptors (Lipinski definition) is 4. The third-order valence-electron chi connectivity index (χ3n) is 16.9. The van der Waals surface area contributed by atoms with Crippen molar-refractivity contribution in [2.45, 2.75) is 240 Å². The van der Waals surface area contributed by atoms with E-state index in [1.807, 2.05) is 0 Å². The van der Waals surface area contributed by atoms with Gasteiger partial charge in [0.2, 0.25) is 0 Å². The highest BCUT2D eigenvalue weighted by atomic mass is 16.5. The van der Waals surface area contributed by atoms with E-state index in [1.54, 1.807) is 5.57 Å². The van der Waals surface area contributed by atoms with Crippen molar-refractivity contribution < 1.29 is 14.2 Å². The summed E-state index contributed by atoms with van der Waals surface area (Å²) in [4.78, 5) is 2.23. The highest BCUT2D eigenvalue weighted by Gasteiger charge is 2.59. The lowest BCUT2D eigenvalue weighted by molar-refractivity contribution is -0.0641. The second kappa shape index (κ2) is 30.4. The number of unbranched alkanes of at least 4 members (excludes halogenated alkanes) is 14. The summed E-state index contributed by atoms with van der Waals surface area (Å²) in [6, 6.07) is 0. The summed E-state index contributed by atoms with van der Waals surface area (Å²) < 4.78 is 19.0. The van der Waals surface area contributed by atoms with E-state index in [0.29, 0.717) is 16.9 Å². The van der Waals surface area contributed by atoms with Crippen LogP contribution in [-0.4, -0.2) is 64.2 Å². The zero-order chi connectivity index (χ0) is 44.5. The van der Waals surface area contributed by atoms with Crippen molar-refractivity contribution in [2.24, 2.45) is 46.3 Å². The highest BCUT2D eigenvalue weighted by Crippen LogP contribution is 2.67. The van der Waals surface area contributed by atoms with Crippen LogP contribution in [0.25, 0.3) is 0 Å². The summed E-state index contributed by atoms with van der Waals surface area (Å²) in [6.45, 7) is 19.4. The van der Waals surface area contributed by atoms with E-state index in [1.165, 1.54) is 173 Å². The van der Waals surface area contributed by atoms with Crippen molar-refractivity contribution in [1.82, 2.24) is 4.90 Å². The van der Waals surface area contributed by atoms with Gasteiger partial charge in [-0.15, -0.1) is 0 Å². The monoisotopic (exact) mass is 864 g/mol. The number of hydrogen-bond donors (Lipinski definition) is 0. The van der Waals surface area contributed by atoms with Crippen LogP contribution < -0.4 is 0 Å². The molecule has 360 valence electrons. The first-order valence-electron chi connectivity index (χ1n) is 27.5. The molecule has 0 aromatic heterocycles. The molecule has 3 saturated carbocycles. The lowest BCUT2D eigenvalue weighted by atomic mass is 9.47. The lowest BCUT2D eigenvalue weighted by Crippen LogP contribution is -2.51. The van der Waals surface area contributed by atoms with Gasteiger partial charge in [0.15, 0.2) is 0 Å². The molecule has 9 atom stereocenters. The lowest BCUT2D eigenvalue weighted by Gasteiger charge is -2.58. The first-order chi connectivity index (χ1) is 30.1. The topological polar surface area (TPSA) is 30.9 Å². The van der Waals surface area contributed by atoms with E-state index in [0.717, 1.165) is 81.3 Å². The predicted molar refractivity (Wildman–Crippen MR) is 269 cm³/mol. The van der Waals surface area contributed by atoms with E-state index in [9.17, 15) is 0 Å². The Hall–Kier alpha value is -0.940. The minimum atomic E-state index is 0.173. The van der Waals surface area contributed by atoms with Crippen LogP contribution in [0, 0.1) is 46.3 Å². The van der Waals surface area contributed by atoms with Gasteiger partial charge in [0.1, 0.15) is 0 Å². The molecule has 4 heteroatoms. The van der Waals surface area contributed by atoms with Gasteiger partial charge in [-0.25, -0.2) is 0 Å². The fourth-order valence-corrected chi connectivity index (χ4v) is 13.2. The molecule has 0 saturated heterocycles. The summed E-state index contributed by atoms with van der Waals surface area (Å²) in [5.74, 6) is 5.49. The van der Waals surface area contributed by atoms with Crippen molar-refractivity contribution in [1.29, 1.82) is 0 Å². The van der Waals surface area contributed by atoms with Crippen molar-refractivity contribution in [3.8, 4) is 0 Å². The van der Waals surface area contributed by atoms with Gasteiger partial charge in [-0.05, 0) is 163 Å². The number of nitrogens with zero attached hydrogens (tertiary/aromatic N) is 1. The average Bonchev–Trinajstić information content (AvgIpc) is 3.60. The maximum Gasteiger partial charge on any atom is 0.0934 e. The summed E-state index contributed by atoms with van der Waals surface area (Å²) in [5.41, 5.74) is 2.79. The van der Waals surface area contributed by atoms with Crippen molar-refractivity contribution in [3.63, 3.8) is 0 Å². The normalized spacial score (nSPS) is 28.5. The molecule has 4 aliphatic carbocycles. The molecule has 3 fully saturated rings. The Kier molecular flexibility index (Phi) is 26.3. The Morgan fingerprint density at radius 2 is 1.35 bits per heavy atom. The Balaban J connectivity index is 0.980. The summed E-state index contributed by atoms with van der Waals surface area (Å²) in [5, 5.41) is 0. The molecule has 62 heavy (non-hydrogen) atoms. The maximum atomic E-state index is 6.61. The van der Waals surface area contributed by atoms with Crippen LogP contribution in [0.2, 0.25) is 0 Å². The van der Waals surface area contributed by atoms with Crippen LogP contribution in [0.4, 0.5) is 0 Å². The summed E-state index contributed by atoms with van der Waals surface area (Å²) in [6.07, 6.45) is 51.1. The van der Waals surface area contributed by atoms with Gasteiger partial charge < -0.3 is 19.1 Å². The Morgan fingerprint density at radius 1 is 0.694 bits per heavy atom. The first kappa shape index (κ1) is 53.7. The molecule has 0 radical (unpaired) electrons. The van der Waals surface area contributed by atoms with Gasteiger partial charge in [-0.3, -0.25) is 0 Å². The van der Waals surface area contributed by atoms with Crippen molar-refractivity contribution in [3.05, 3.63) is 36.0 Å². The van der Waals surface area contributed by atoms with E-state index >= 15 is 0 Å². The maximum absolute atomic E-state index is 6.61. The molecule has 0 aromatic rings. The number of likely N-dealkylation sites (N-methyl/N-ethyl adjacent to an activating group) is 1. The second-order valence-corrected chi connectivity index (χ2v) is 22.6. The molecule has 4 aliphatic rings. The molecule has 0 spiro atoms.